The van der Waals surface area contributed by atoms with Crippen LogP contribution in [0.25, 0.3) is 11.2 Å². The molecule has 2 heterocycles. The Morgan fingerprint density at radius 3 is 2.91 bits per heavy atom. The van der Waals surface area contributed by atoms with Crippen LogP contribution in [-0.2, 0) is 11.3 Å². The van der Waals surface area contributed by atoms with Crippen molar-refractivity contribution in [3.8, 4) is 5.75 Å². The summed E-state index contributed by atoms with van der Waals surface area (Å²) in [6.45, 7) is -0.189. The second-order valence-corrected chi connectivity index (χ2v) is 5.48. The van der Waals surface area contributed by atoms with Crippen molar-refractivity contribution >= 4 is 28.9 Å². The number of hydrogen-bond acceptors (Lipinski definition) is 5. The van der Waals surface area contributed by atoms with Crippen LogP contribution in [0.15, 0.2) is 52.6 Å². The summed E-state index contributed by atoms with van der Waals surface area (Å²) in [5.41, 5.74) is 1.23. The van der Waals surface area contributed by atoms with E-state index in [9.17, 15) is 4.79 Å². The first-order valence-electron chi connectivity index (χ1n) is 6.53. The third-order valence-electron chi connectivity index (χ3n) is 3.03. The van der Waals surface area contributed by atoms with Crippen molar-refractivity contribution < 1.29 is 14.6 Å². The van der Waals surface area contributed by atoms with E-state index in [0.717, 1.165) is 10.6 Å². The lowest BCUT2D eigenvalue weighted by molar-refractivity contribution is -0.137. The van der Waals surface area contributed by atoms with Crippen LogP contribution in [0.2, 0.25) is 0 Å². The van der Waals surface area contributed by atoms with E-state index < -0.39 is 5.97 Å². The number of rotatable bonds is 5. The Kier molecular flexibility index (Phi) is 3.97. The van der Waals surface area contributed by atoms with Gasteiger partial charge in [-0.3, -0.25) is 9.36 Å². The predicted octanol–water partition coefficient (Wildman–Crippen LogP) is 2.68. The van der Waals surface area contributed by atoms with E-state index in [1.807, 2.05) is 30.3 Å². The maximum Gasteiger partial charge on any atom is 0.323 e. The molecule has 6 nitrogen and oxygen atoms in total. The molecule has 7 heteroatoms. The maximum absolute atomic E-state index is 11.1. The molecule has 112 valence electrons. The molecule has 0 aliphatic rings. The minimum absolute atomic E-state index is 0.189. The van der Waals surface area contributed by atoms with E-state index in [4.69, 9.17) is 9.84 Å². The summed E-state index contributed by atoms with van der Waals surface area (Å²) < 4.78 is 6.91. The van der Waals surface area contributed by atoms with Gasteiger partial charge in [0.15, 0.2) is 10.8 Å². The number of carbonyl (C=O) groups is 1. The molecule has 0 saturated heterocycles. The lowest BCUT2D eigenvalue weighted by Gasteiger charge is -2.08. The smallest absolute Gasteiger partial charge is 0.323 e. The number of imidazole rings is 1. The molecule has 0 radical (unpaired) electrons. The van der Waals surface area contributed by atoms with E-state index in [-0.39, 0.29) is 6.54 Å². The summed E-state index contributed by atoms with van der Waals surface area (Å²) in [4.78, 5) is 20.7. The average molecular weight is 315 g/mol. The molecule has 0 unspecified atom stereocenters. The molecule has 0 atom stereocenters. The van der Waals surface area contributed by atoms with Crippen LogP contribution in [0.1, 0.15) is 0 Å². The third kappa shape index (κ3) is 2.75. The molecule has 3 rings (SSSR count). The number of carboxylic acid groups (broad SMARTS) is 1. The maximum atomic E-state index is 11.1. The number of pyridine rings is 1. The van der Waals surface area contributed by atoms with Crippen LogP contribution in [0, 0.1) is 0 Å². The SMILES string of the molecule is COc1ccccc1Sc1nc2cccnc2n1CC(=O)O. The van der Waals surface area contributed by atoms with Crippen molar-refractivity contribution in [3.05, 3.63) is 42.6 Å². The Labute approximate surface area is 130 Å². The van der Waals surface area contributed by atoms with E-state index in [1.54, 1.807) is 23.9 Å². The van der Waals surface area contributed by atoms with Gasteiger partial charge in [-0.15, -0.1) is 0 Å². The summed E-state index contributed by atoms with van der Waals surface area (Å²) in [5.74, 6) is -0.221. The summed E-state index contributed by atoms with van der Waals surface area (Å²) in [6.07, 6.45) is 1.62. The van der Waals surface area contributed by atoms with Gasteiger partial charge < -0.3 is 9.84 Å². The molecule has 1 aromatic carbocycles. The molecule has 0 saturated carbocycles. The van der Waals surface area contributed by atoms with Crippen molar-refractivity contribution in [1.82, 2.24) is 14.5 Å². The molecule has 2 aromatic heterocycles. The Balaban J connectivity index is 2.07. The largest absolute Gasteiger partial charge is 0.496 e. The topological polar surface area (TPSA) is 77.2 Å². The number of hydrogen-bond donors (Lipinski definition) is 1. The second-order valence-electron chi connectivity index (χ2n) is 4.47. The fraction of sp³-hybridized carbons (Fsp3) is 0.133. The van der Waals surface area contributed by atoms with E-state index in [1.165, 1.54) is 11.8 Å². The first-order chi connectivity index (χ1) is 10.7. The number of para-hydroxylation sites is 1. The number of fused-ring (bicyclic) bond motifs is 1. The molecule has 0 amide bonds. The van der Waals surface area contributed by atoms with Crippen molar-refractivity contribution in [2.75, 3.05) is 7.11 Å². The van der Waals surface area contributed by atoms with Crippen molar-refractivity contribution in [2.45, 2.75) is 16.6 Å². The van der Waals surface area contributed by atoms with E-state index >= 15 is 0 Å². The molecule has 0 fully saturated rings. The summed E-state index contributed by atoms with van der Waals surface area (Å²) in [5, 5.41) is 9.70. The van der Waals surface area contributed by atoms with Gasteiger partial charge in [0.05, 0.1) is 12.0 Å². The summed E-state index contributed by atoms with van der Waals surface area (Å²) in [7, 11) is 1.60. The Hall–Kier alpha value is -2.54. The molecule has 1 N–H and O–H groups in total. The first kappa shape index (κ1) is 14.4. The number of carboxylic acids is 1. The zero-order valence-electron chi connectivity index (χ0n) is 11.8. The zero-order valence-corrected chi connectivity index (χ0v) is 12.6. The zero-order chi connectivity index (χ0) is 15.5. The Morgan fingerprint density at radius 2 is 2.14 bits per heavy atom. The van der Waals surface area contributed by atoms with E-state index in [2.05, 4.69) is 9.97 Å². The van der Waals surface area contributed by atoms with Gasteiger partial charge in [-0.2, -0.15) is 0 Å². The van der Waals surface area contributed by atoms with Gasteiger partial charge >= 0.3 is 5.97 Å². The number of aliphatic carboxylic acids is 1. The number of ether oxygens (including phenoxy) is 1. The van der Waals surface area contributed by atoms with Crippen LogP contribution in [0.5, 0.6) is 5.75 Å². The van der Waals surface area contributed by atoms with Crippen LogP contribution >= 0.6 is 11.8 Å². The first-order valence-corrected chi connectivity index (χ1v) is 7.34. The van der Waals surface area contributed by atoms with Gasteiger partial charge in [-0.1, -0.05) is 12.1 Å². The van der Waals surface area contributed by atoms with Crippen molar-refractivity contribution in [2.24, 2.45) is 0 Å². The van der Waals surface area contributed by atoms with Crippen LogP contribution < -0.4 is 4.74 Å². The Morgan fingerprint density at radius 1 is 1.32 bits per heavy atom. The molecule has 3 aromatic rings. The molecule has 0 aliphatic carbocycles. The van der Waals surface area contributed by atoms with Gasteiger partial charge in [0.25, 0.3) is 0 Å². The quantitative estimate of drug-likeness (QED) is 0.780. The highest BCUT2D eigenvalue weighted by atomic mass is 32.2. The van der Waals surface area contributed by atoms with Gasteiger partial charge in [0, 0.05) is 6.20 Å². The van der Waals surface area contributed by atoms with Gasteiger partial charge in [0.2, 0.25) is 0 Å². The molecular weight excluding hydrogens is 302 g/mol. The fourth-order valence-electron chi connectivity index (χ4n) is 2.09. The van der Waals surface area contributed by atoms with Gasteiger partial charge in [-0.25, -0.2) is 9.97 Å². The fourth-order valence-corrected chi connectivity index (χ4v) is 3.10. The number of nitrogens with zero attached hydrogens (tertiary/aromatic N) is 3. The molecular formula is C15H13N3O3S. The highest BCUT2D eigenvalue weighted by Crippen LogP contribution is 2.35. The average Bonchev–Trinajstić information content (AvgIpc) is 2.85. The minimum Gasteiger partial charge on any atom is -0.496 e. The normalized spacial score (nSPS) is 10.8. The predicted molar refractivity (Wildman–Crippen MR) is 82.3 cm³/mol. The third-order valence-corrected chi connectivity index (χ3v) is 4.08. The number of benzene rings is 1. The molecule has 0 aliphatic heterocycles. The van der Waals surface area contributed by atoms with Crippen molar-refractivity contribution in [1.29, 1.82) is 0 Å². The van der Waals surface area contributed by atoms with Crippen LogP contribution in [0.4, 0.5) is 0 Å². The number of methoxy groups -OCH3 is 1. The van der Waals surface area contributed by atoms with Crippen LogP contribution in [-0.4, -0.2) is 32.7 Å². The summed E-state index contributed by atoms with van der Waals surface area (Å²) in [6, 6.07) is 11.1. The lowest BCUT2D eigenvalue weighted by Crippen LogP contribution is -2.10. The van der Waals surface area contributed by atoms with E-state index in [0.29, 0.717) is 16.3 Å². The Bertz CT molecular complexity index is 832. The lowest BCUT2D eigenvalue weighted by atomic mass is 10.3. The molecule has 22 heavy (non-hydrogen) atoms. The minimum atomic E-state index is -0.938. The number of aromatic nitrogens is 3. The van der Waals surface area contributed by atoms with Crippen molar-refractivity contribution in [3.63, 3.8) is 0 Å². The van der Waals surface area contributed by atoms with Gasteiger partial charge in [-0.05, 0) is 36.0 Å². The highest BCUT2D eigenvalue weighted by Gasteiger charge is 2.16. The summed E-state index contributed by atoms with van der Waals surface area (Å²) >= 11 is 1.36. The monoisotopic (exact) mass is 315 g/mol. The second kappa shape index (κ2) is 6.07. The molecule has 0 bridgehead atoms. The van der Waals surface area contributed by atoms with Gasteiger partial charge in [0.1, 0.15) is 17.8 Å². The molecule has 0 spiro atoms. The standard InChI is InChI=1S/C15H13N3O3S/c1-21-11-6-2-3-7-12(11)22-15-17-10-5-4-8-16-14(10)18(15)9-13(19)20/h2-8H,9H2,1H3,(H,19,20). The highest BCUT2D eigenvalue weighted by molar-refractivity contribution is 7.99. The van der Waals surface area contributed by atoms with Crippen LogP contribution in [0.3, 0.4) is 0 Å².